The van der Waals surface area contributed by atoms with E-state index in [1.54, 1.807) is 12.1 Å². The summed E-state index contributed by atoms with van der Waals surface area (Å²) in [5, 5.41) is 18.1. The average Bonchev–Trinajstić information content (AvgIpc) is 3.28. The van der Waals surface area contributed by atoms with E-state index in [-0.39, 0.29) is 36.7 Å². The summed E-state index contributed by atoms with van der Waals surface area (Å²) in [5.41, 5.74) is 14.3. The smallest absolute Gasteiger partial charge is 0.224 e. The van der Waals surface area contributed by atoms with Crippen molar-refractivity contribution in [1.29, 1.82) is 0 Å². The summed E-state index contributed by atoms with van der Waals surface area (Å²) >= 11 is 0. The van der Waals surface area contributed by atoms with Gasteiger partial charge in [-0.15, -0.1) is 0 Å². The van der Waals surface area contributed by atoms with Crippen molar-refractivity contribution in [3.63, 3.8) is 0 Å². The number of nitrogens with one attached hydrogen (secondary N) is 2. The van der Waals surface area contributed by atoms with Crippen LogP contribution in [0.25, 0.3) is 21.9 Å². The topological polar surface area (TPSA) is 126 Å². The Morgan fingerprint density at radius 1 is 0.733 bits per heavy atom. The van der Waals surface area contributed by atoms with Crippen LogP contribution < -0.4 is 16.4 Å². The Balaban J connectivity index is 0.963. The minimum Gasteiger partial charge on any atom is -0.397 e. The quantitative estimate of drug-likeness (QED) is 0.0534. The summed E-state index contributed by atoms with van der Waals surface area (Å²) in [6.45, 7) is 3.37. The molecule has 6 aromatic rings. The number of carbonyl (C=O) groups is 2. The van der Waals surface area contributed by atoms with Crippen LogP contribution in [0.3, 0.4) is 0 Å². The monoisotopic (exact) mass is 804 g/mol. The predicted octanol–water partition coefficient (Wildman–Crippen LogP) is 10.0. The fourth-order valence-electron chi connectivity index (χ4n) is 7.82. The molecule has 1 aliphatic heterocycles. The zero-order valence-corrected chi connectivity index (χ0v) is 34.6. The van der Waals surface area contributed by atoms with Crippen LogP contribution in [0.2, 0.25) is 0 Å². The molecule has 7 rings (SSSR count). The number of rotatable bonds is 17. The van der Waals surface area contributed by atoms with Gasteiger partial charge in [0.1, 0.15) is 0 Å². The Morgan fingerprint density at radius 3 is 2.23 bits per heavy atom. The number of aliphatic hydroxyl groups excluding tert-OH is 1. The number of likely N-dealkylation sites (N-methyl/N-ethyl adjacent to an activating group) is 1. The van der Waals surface area contributed by atoms with E-state index in [1.807, 2.05) is 54.6 Å². The molecule has 0 aliphatic carbocycles. The number of fused-ring (bicyclic) bond motifs is 1. The zero-order chi connectivity index (χ0) is 41.8. The molecule has 6 aromatic carbocycles. The Morgan fingerprint density at radius 2 is 1.45 bits per heavy atom. The molecule has 0 bridgehead atoms. The Kier molecular flexibility index (Phi) is 14.4. The van der Waals surface area contributed by atoms with E-state index >= 15 is 0 Å². The lowest BCUT2D eigenvalue weighted by Crippen LogP contribution is -2.38. The number of ether oxygens (including phenoxy) is 2. The van der Waals surface area contributed by atoms with E-state index in [0.717, 1.165) is 39.8 Å². The van der Waals surface area contributed by atoms with E-state index < -0.39 is 6.29 Å². The predicted molar refractivity (Wildman–Crippen MR) is 240 cm³/mol. The van der Waals surface area contributed by atoms with Crippen molar-refractivity contribution < 1.29 is 24.2 Å². The normalized spacial score (nSPS) is 17.0. The lowest BCUT2D eigenvalue weighted by Gasteiger charge is -2.39. The highest BCUT2D eigenvalue weighted by molar-refractivity contribution is 5.93. The lowest BCUT2D eigenvalue weighted by atomic mass is 9.97. The number of para-hydroxylation sites is 2. The van der Waals surface area contributed by atoms with Gasteiger partial charge in [0.25, 0.3) is 0 Å². The molecule has 0 aromatic heterocycles. The number of benzene rings is 6. The van der Waals surface area contributed by atoms with Crippen LogP contribution in [0.15, 0.2) is 140 Å². The molecule has 60 heavy (non-hydrogen) atoms. The van der Waals surface area contributed by atoms with Crippen molar-refractivity contribution >= 4 is 34.0 Å². The molecule has 310 valence electrons. The summed E-state index contributed by atoms with van der Waals surface area (Å²) in [6, 6.07) is 47.1. The minimum absolute atomic E-state index is 0.00640. The molecule has 1 aliphatic rings. The second-order valence-corrected chi connectivity index (χ2v) is 15.9. The number of anilines is 2. The highest BCUT2D eigenvalue weighted by Crippen LogP contribution is 2.40. The standard InChI is InChI=1S/C51H56N4O5/c1-35(40-27-26-38-13-6-7-14-42(38)29-40)55(2)33-45-31-48(39-24-22-36(34-56)23-25-39)60-51(59-45)44-17-11-16-43(30-44)41-15-10-12-37(28-41)32-53-49(57)20-4-3-5-21-50(58)54-47-19-9-8-18-46(47)52/h6-19,22-30,35,45,48,51,56H,3-5,20-21,31-34,52H2,1-2H3,(H,53,57)(H,54,58)/t35-,45+,48-,51-/m1/s1. The molecule has 4 atom stereocenters. The van der Waals surface area contributed by atoms with Gasteiger partial charge in [0, 0.05) is 44.0 Å². The molecule has 9 nitrogen and oxygen atoms in total. The summed E-state index contributed by atoms with van der Waals surface area (Å²) in [6.07, 6.45) is 2.79. The first-order valence-corrected chi connectivity index (χ1v) is 21.0. The average molecular weight is 805 g/mol. The third kappa shape index (κ3) is 11.2. The van der Waals surface area contributed by atoms with Crippen molar-refractivity contribution in [3.8, 4) is 11.1 Å². The van der Waals surface area contributed by atoms with Gasteiger partial charge in [-0.1, -0.05) is 116 Å². The highest BCUT2D eigenvalue weighted by Gasteiger charge is 2.33. The Labute approximate surface area is 353 Å². The molecule has 0 unspecified atom stereocenters. The maximum absolute atomic E-state index is 12.7. The highest BCUT2D eigenvalue weighted by atomic mass is 16.7. The first-order valence-electron chi connectivity index (χ1n) is 21.0. The van der Waals surface area contributed by atoms with Gasteiger partial charge in [-0.25, -0.2) is 0 Å². The number of aliphatic hydroxyl groups is 1. The summed E-state index contributed by atoms with van der Waals surface area (Å²) < 4.78 is 13.5. The number of nitrogens with zero attached hydrogens (tertiary/aromatic N) is 1. The van der Waals surface area contributed by atoms with Crippen LogP contribution in [0.1, 0.15) is 91.7 Å². The molecule has 1 saturated heterocycles. The largest absolute Gasteiger partial charge is 0.397 e. The third-order valence-corrected chi connectivity index (χ3v) is 11.5. The molecular formula is C51H56N4O5. The maximum atomic E-state index is 12.7. The Hall–Kier alpha value is -5.84. The fraction of sp³-hybridized carbons (Fsp3) is 0.294. The van der Waals surface area contributed by atoms with Crippen LogP contribution in [0.4, 0.5) is 11.4 Å². The van der Waals surface area contributed by atoms with E-state index in [0.29, 0.717) is 56.6 Å². The second kappa shape index (κ2) is 20.4. The lowest BCUT2D eigenvalue weighted by molar-refractivity contribution is -0.253. The molecule has 1 fully saturated rings. The van der Waals surface area contributed by atoms with Crippen LogP contribution in [0, 0.1) is 0 Å². The molecule has 2 amide bonds. The number of hydrogen-bond donors (Lipinski definition) is 4. The van der Waals surface area contributed by atoms with Crippen molar-refractivity contribution in [3.05, 3.63) is 167 Å². The summed E-state index contributed by atoms with van der Waals surface area (Å²) in [7, 11) is 2.16. The number of carbonyl (C=O) groups excluding carboxylic acids is 2. The molecule has 0 radical (unpaired) electrons. The van der Waals surface area contributed by atoms with Gasteiger partial charge < -0.3 is 30.9 Å². The molecule has 0 saturated carbocycles. The van der Waals surface area contributed by atoms with Gasteiger partial charge in [-0.05, 0) is 101 Å². The second-order valence-electron chi connectivity index (χ2n) is 15.9. The summed E-state index contributed by atoms with van der Waals surface area (Å²) in [4.78, 5) is 27.4. The van der Waals surface area contributed by atoms with E-state index in [2.05, 4.69) is 102 Å². The van der Waals surface area contributed by atoms with E-state index in [1.165, 1.54) is 16.3 Å². The number of hydrogen-bond acceptors (Lipinski definition) is 7. The zero-order valence-electron chi connectivity index (χ0n) is 34.6. The van der Waals surface area contributed by atoms with Gasteiger partial charge in [0.15, 0.2) is 6.29 Å². The van der Waals surface area contributed by atoms with Crippen LogP contribution in [-0.4, -0.2) is 41.5 Å². The van der Waals surface area contributed by atoms with Crippen LogP contribution in [-0.2, 0) is 32.2 Å². The van der Waals surface area contributed by atoms with Gasteiger partial charge in [0.2, 0.25) is 11.8 Å². The van der Waals surface area contributed by atoms with Crippen LogP contribution in [0.5, 0.6) is 0 Å². The number of nitrogens with two attached hydrogens (primary N) is 1. The number of amides is 2. The molecule has 9 heteroatoms. The van der Waals surface area contributed by atoms with E-state index in [4.69, 9.17) is 15.2 Å². The fourth-order valence-corrected chi connectivity index (χ4v) is 7.82. The number of nitrogen functional groups attached to an aromatic ring is 1. The van der Waals surface area contributed by atoms with Gasteiger partial charge in [-0.2, -0.15) is 0 Å². The Bertz CT molecular complexity index is 2360. The molecular weight excluding hydrogens is 749 g/mol. The minimum atomic E-state index is -0.588. The maximum Gasteiger partial charge on any atom is 0.224 e. The first-order chi connectivity index (χ1) is 29.2. The first kappa shape index (κ1) is 42.3. The third-order valence-electron chi connectivity index (χ3n) is 11.5. The number of unbranched alkanes of at least 4 members (excludes halogenated alkanes) is 2. The van der Waals surface area contributed by atoms with Gasteiger partial charge in [0.05, 0.1) is 30.2 Å². The molecule has 1 heterocycles. The summed E-state index contributed by atoms with van der Waals surface area (Å²) in [5.74, 6) is -0.0888. The van der Waals surface area contributed by atoms with Gasteiger partial charge >= 0.3 is 0 Å². The van der Waals surface area contributed by atoms with Crippen molar-refractivity contribution in [2.45, 2.75) is 83.1 Å². The van der Waals surface area contributed by atoms with Crippen molar-refractivity contribution in [1.82, 2.24) is 10.2 Å². The SMILES string of the molecule is C[C@H](c1ccc2ccccc2c1)N(C)C[C@@H]1C[C@H](c2ccc(CO)cc2)O[C@H](c2cccc(-c3cccc(CNC(=O)CCCCCC(=O)Nc4ccccc4N)c3)c2)O1. The van der Waals surface area contributed by atoms with Crippen molar-refractivity contribution in [2.24, 2.45) is 0 Å². The van der Waals surface area contributed by atoms with E-state index in [9.17, 15) is 14.7 Å². The molecule has 0 spiro atoms. The molecule has 5 N–H and O–H groups in total. The van der Waals surface area contributed by atoms with Crippen molar-refractivity contribution in [2.75, 3.05) is 24.6 Å². The van der Waals surface area contributed by atoms with Gasteiger partial charge in [-0.3, -0.25) is 14.5 Å². The van der Waals surface area contributed by atoms with Crippen LogP contribution >= 0.6 is 0 Å².